The standard InChI is InChI=1S/C55H93NO8/c1-3-5-7-9-11-13-15-17-18-19-20-21-22-23-24-25-26-27-28-29-30-31-32-33-35-37-39-41-43-45-51(59)56-48(47-63-55-54(62)53(61)52(60)50(46-57)64-55)49(58)44-42-40-38-36-34-16-14-12-10-8-6-4-2/h5,7,11,13,17-18,20-21,23-24,26-27,29-30,42,44,48-50,52-55,57-58,60-62H,3-4,6,8-10,12,14-16,19,22,25,28,31-41,43,45-47H2,1-2H3,(H,56,59)/b7-5-,13-11-,18-17-,21-20-,24-23-,27-26-,30-29-,44-42+. The smallest absolute Gasteiger partial charge is 0.220 e. The molecule has 1 amide bonds. The number of amides is 1. The molecule has 1 fully saturated rings. The summed E-state index contributed by atoms with van der Waals surface area (Å²) in [7, 11) is 0. The SMILES string of the molecule is CC/C=C\C/C=C\C/C=C\C/C=C\C/C=C\C/C=C\C/C=C\CCCCCCCCCC(=O)NC(COC1OC(CO)C(O)C(O)C1O)C(O)/C=C/CCCCCCCCCCCC. The van der Waals surface area contributed by atoms with Crippen LogP contribution in [0.5, 0.6) is 0 Å². The maximum Gasteiger partial charge on any atom is 0.220 e. The summed E-state index contributed by atoms with van der Waals surface area (Å²) in [6, 6.07) is -0.816. The van der Waals surface area contributed by atoms with E-state index in [4.69, 9.17) is 9.47 Å². The van der Waals surface area contributed by atoms with Gasteiger partial charge < -0.3 is 40.3 Å². The van der Waals surface area contributed by atoms with Gasteiger partial charge in [0, 0.05) is 6.42 Å². The van der Waals surface area contributed by atoms with Gasteiger partial charge in [-0.05, 0) is 77.0 Å². The van der Waals surface area contributed by atoms with Crippen molar-refractivity contribution in [2.45, 2.75) is 230 Å². The van der Waals surface area contributed by atoms with Gasteiger partial charge in [0.05, 0.1) is 25.4 Å². The van der Waals surface area contributed by atoms with Crippen molar-refractivity contribution in [3.63, 3.8) is 0 Å². The molecule has 0 bridgehead atoms. The predicted octanol–water partition coefficient (Wildman–Crippen LogP) is 11.7. The molecule has 7 unspecified atom stereocenters. The summed E-state index contributed by atoms with van der Waals surface area (Å²) in [5.74, 6) is -0.194. The third-order valence-electron chi connectivity index (χ3n) is 11.4. The molecule has 0 aromatic heterocycles. The van der Waals surface area contributed by atoms with E-state index in [0.717, 1.165) is 96.3 Å². The van der Waals surface area contributed by atoms with E-state index in [2.05, 4.69) is 104 Å². The van der Waals surface area contributed by atoms with Crippen LogP contribution in [0.25, 0.3) is 0 Å². The number of carbonyl (C=O) groups is 1. The third-order valence-corrected chi connectivity index (χ3v) is 11.4. The van der Waals surface area contributed by atoms with Crippen molar-refractivity contribution < 1.29 is 39.8 Å². The molecule has 0 aromatic carbocycles. The van der Waals surface area contributed by atoms with E-state index in [-0.39, 0.29) is 12.5 Å². The summed E-state index contributed by atoms with van der Waals surface area (Å²) in [5, 5.41) is 54.2. The number of ether oxygens (including phenoxy) is 2. The van der Waals surface area contributed by atoms with Crippen LogP contribution in [0.4, 0.5) is 0 Å². The molecule has 0 spiro atoms. The zero-order valence-corrected chi connectivity index (χ0v) is 40.2. The van der Waals surface area contributed by atoms with Gasteiger partial charge in [-0.1, -0.05) is 201 Å². The highest BCUT2D eigenvalue weighted by molar-refractivity contribution is 5.76. The van der Waals surface area contributed by atoms with Crippen molar-refractivity contribution in [2.75, 3.05) is 13.2 Å². The molecular weight excluding hydrogens is 803 g/mol. The Labute approximate surface area is 390 Å². The minimum atomic E-state index is -1.57. The van der Waals surface area contributed by atoms with Crippen LogP contribution in [-0.4, -0.2) is 87.5 Å². The molecule has 1 aliphatic heterocycles. The van der Waals surface area contributed by atoms with Gasteiger partial charge >= 0.3 is 0 Å². The van der Waals surface area contributed by atoms with Crippen LogP contribution in [0, 0.1) is 0 Å². The van der Waals surface area contributed by atoms with Gasteiger partial charge in [0.2, 0.25) is 5.91 Å². The Bertz CT molecular complexity index is 1320. The van der Waals surface area contributed by atoms with Crippen molar-refractivity contribution in [1.82, 2.24) is 5.32 Å². The summed E-state index contributed by atoms with van der Waals surface area (Å²) in [5.41, 5.74) is 0. The minimum Gasteiger partial charge on any atom is -0.394 e. The molecule has 9 nitrogen and oxygen atoms in total. The Morgan fingerprint density at radius 1 is 0.547 bits per heavy atom. The molecule has 1 rings (SSSR count). The normalized spacial score (nSPS) is 20.9. The molecule has 1 aliphatic rings. The van der Waals surface area contributed by atoms with E-state index in [1.807, 2.05) is 6.08 Å². The van der Waals surface area contributed by atoms with Gasteiger partial charge in [-0.15, -0.1) is 0 Å². The van der Waals surface area contributed by atoms with Gasteiger partial charge in [0.25, 0.3) is 0 Å². The van der Waals surface area contributed by atoms with Crippen LogP contribution in [0.1, 0.15) is 187 Å². The first-order valence-electron chi connectivity index (χ1n) is 25.5. The van der Waals surface area contributed by atoms with E-state index >= 15 is 0 Å². The number of rotatable bonds is 41. The largest absolute Gasteiger partial charge is 0.394 e. The molecule has 64 heavy (non-hydrogen) atoms. The summed E-state index contributed by atoms with van der Waals surface area (Å²) in [6.45, 7) is 3.63. The fourth-order valence-electron chi connectivity index (χ4n) is 7.37. The zero-order valence-electron chi connectivity index (χ0n) is 40.2. The monoisotopic (exact) mass is 896 g/mol. The minimum absolute atomic E-state index is 0.194. The Morgan fingerprint density at radius 2 is 0.969 bits per heavy atom. The second kappa shape index (κ2) is 44.0. The number of hydrogen-bond donors (Lipinski definition) is 6. The average molecular weight is 896 g/mol. The van der Waals surface area contributed by atoms with Crippen LogP contribution in [0.15, 0.2) is 97.2 Å². The highest BCUT2D eigenvalue weighted by Crippen LogP contribution is 2.22. The third kappa shape index (κ3) is 33.6. The van der Waals surface area contributed by atoms with Gasteiger partial charge in [-0.3, -0.25) is 4.79 Å². The predicted molar refractivity (Wildman–Crippen MR) is 267 cm³/mol. The maximum atomic E-state index is 13.0. The molecule has 0 aliphatic carbocycles. The summed E-state index contributed by atoms with van der Waals surface area (Å²) >= 11 is 0. The Hall–Kier alpha value is -2.89. The number of aliphatic hydroxyl groups is 5. The topological polar surface area (TPSA) is 149 Å². The van der Waals surface area contributed by atoms with Crippen molar-refractivity contribution in [2.24, 2.45) is 0 Å². The van der Waals surface area contributed by atoms with Gasteiger partial charge in [0.1, 0.15) is 24.4 Å². The lowest BCUT2D eigenvalue weighted by atomic mass is 9.99. The fourth-order valence-corrected chi connectivity index (χ4v) is 7.37. The second-order valence-electron chi connectivity index (χ2n) is 17.2. The zero-order chi connectivity index (χ0) is 46.6. The van der Waals surface area contributed by atoms with Crippen molar-refractivity contribution >= 4 is 5.91 Å². The van der Waals surface area contributed by atoms with E-state index in [1.54, 1.807) is 6.08 Å². The maximum absolute atomic E-state index is 13.0. The van der Waals surface area contributed by atoms with Crippen LogP contribution in [-0.2, 0) is 14.3 Å². The molecule has 9 heteroatoms. The molecular formula is C55H93NO8. The summed E-state index contributed by atoms with van der Waals surface area (Å²) in [4.78, 5) is 13.0. The van der Waals surface area contributed by atoms with Crippen LogP contribution in [0.3, 0.4) is 0 Å². The highest BCUT2D eigenvalue weighted by atomic mass is 16.7. The van der Waals surface area contributed by atoms with E-state index in [0.29, 0.717) is 6.42 Å². The van der Waals surface area contributed by atoms with E-state index in [1.165, 1.54) is 70.6 Å². The molecule has 1 saturated heterocycles. The van der Waals surface area contributed by atoms with Crippen LogP contribution >= 0.6 is 0 Å². The van der Waals surface area contributed by atoms with E-state index in [9.17, 15) is 30.3 Å². The van der Waals surface area contributed by atoms with Crippen molar-refractivity contribution in [1.29, 1.82) is 0 Å². The Kier molecular flexibility index (Phi) is 40.6. The first-order chi connectivity index (χ1) is 31.3. The Balaban J connectivity index is 2.26. The molecule has 0 radical (unpaired) electrons. The van der Waals surface area contributed by atoms with Crippen LogP contribution < -0.4 is 5.32 Å². The van der Waals surface area contributed by atoms with Gasteiger partial charge in [-0.25, -0.2) is 0 Å². The van der Waals surface area contributed by atoms with Gasteiger partial charge in [-0.2, -0.15) is 0 Å². The fraction of sp³-hybridized carbons (Fsp3) is 0.691. The lowest BCUT2D eigenvalue weighted by Crippen LogP contribution is -2.60. The summed E-state index contributed by atoms with van der Waals surface area (Å²) < 4.78 is 11.2. The van der Waals surface area contributed by atoms with E-state index < -0.39 is 49.5 Å². The summed E-state index contributed by atoms with van der Waals surface area (Å²) in [6.07, 6.45) is 56.0. The number of aliphatic hydroxyl groups excluding tert-OH is 5. The molecule has 6 N–H and O–H groups in total. The van der Waals surface area contributed by atoms with Crippen molar-refractivity contribution in [3.8, 4) is 0 Å². The average Bonchev–Trinajstić information content (AvgIpc) is 3.29. The second-order valence-corrected chi connectivity index (χ2v) is 17.2. The van der Waals surface area contributed by atoms with Crippen molar-refractivity contribution in [3.05, 3.63) is 97.2 Å². The lowest BCUT2D eigenvalue weighted by Gasteiger charge is -2.40. The Morgan fingerprint density at radius 3 is 1.44 bits per heavy atom. The highest BCUT2D eigenvalue weighted by Gasteiger charge is 2.44. The number of nitrogens with one attached hydrogen (secondary N) is 1. The molecule has 1 heterocycles. The molecule has 0 saturated carbocycles. The molecule has 7 atom stereocenters. The van der Waals surface area contributed by atoms with Gasteiger partial charge in [0.15, 0.2) is 6.29 Å². The number of unbranched alkanes of at least 4 members (excludes halogenated alkanes) is 17. The first kappa shape index (κ1) is 59.1. The lowest BCUT2D eigenvalue weighted by molar-refractivity contribution is -0.302. The number of allylic oxidation sites excluding steroid dienone is 15. The quantitative estimate of drug-likeness (QED) is 0.0262. The molecule has 0 aromatic rings. The number of hydrogen-bond acceptors (Lipinski definition) is 8. The number of carbonyl (C=O) groups excluding carboxylic acids is 1. The molecule has 366 valence electrons. The first-order valence-corrected chi connectivity index (χ1v) is 25.5. The van der Waals surface area contributed by atoms with Crippen LogP contribution in [0.2, 0.25) is 0 Å².